The lowest BCUT2D eigenvalue weighted by Gasteiger charge is -2.12. The molecule has 5 heteroatoms. The number of halogens is 1. The maximum atomic E-state index is 10.9. The fraction of sp³-hybridized carbons (Fsp3) is 0.364. The van der Waals surface area contributed by atoms with Crippen LogP contribution in [0.2, 0.25) is 5.02 Å². The molecule has 0 saturated heterocycles. The van der Waals surface area contributed by atoms with Crippen molar-refractivity contribution >= 4 is 29.3 Å². The highest BCUT2D eigenvalue weighted by molar-refractivity contribution is 7.99. The van der Waals surface area contributed by atoms with E-state index in [2.05, 4.69) is 5.32 Å². The standard InChI is InChI=1S/C11H14ClNO2S/c1-2-13-10(11(14)15)7-16-9-5-3-8(12)4-6-9/h3-6,10,13H,2,7H2,1H3,(H,14,15). The van der Waals surface area contributed by atoms with Gasteiger partial charge in [-0.3, -0.25) is 4.79 Å². The third-order valence-electron chi connectivity index (χ3n) is 1.98. The number of benzene rings is 1. The molecule has 1 rings (SSSR count). The molecule has 16 heavy (non-hydrogen) atoms. The van der Waals surface area contributed by atoms with Crippen molar-refractivity contribution < 1.29 is 9.90 Å². The second-order valence-electron chi connectivity index (χ2n) is 3.21. The van der Waals surface area contributed by atoms with Gasteiger partial charge in [-0.15, -0.1) is 11.8 Å². The first kappa shape index (κ1) is 13.4. The zero-order valence-corrected chi connectivity index (χ0v) is 10.5. The number of thioether (sulfide) groups is 1. The van der Waals surface area contributed by atoms with Gasteiger partial charge >= 0.3 is 5.97 Å². The third-order valence-corrected chi connectivity index (χ3v) is 3.34. The van der Waals surface area contributed by atoms with E-state index >= 15 is 0 Å². The number of carboxylic acids is 1. The van der Waals surface area contributed by atoms with E-state index < -0.39 is 12.0 Å². The smallest absolute Gasteiger partial charge is 0.321 e. The number of carboxylic acid groups (broad SMARTS) is 1. The van der Waals surface area contributed by atoms with E-state index in [-0.39, 0.29) is 0 Å². The molecule has 0 aliphatic rings. The Balaban J connectivity index is 2.48. The molecule has 0 radical (unpaired) electrons. The van der Waals surface area contributed by atoms with Gasteiger partial charge < -0.3 is 10.4 Å². The summed E-state index contributed by atoms with van der Waals surface area (Å²) in [6, 6.07) is 6.86. The van der Waals surface area contributed by atoms with Crippen LogP contribution in [0.5, 0.6) is 0 Å². The normalized spacial score (nSPS) is 12.4. The molecule has 1 aromatic carbocycles. The van der Waals surface area contributed by atoms with Crippen molar-refractivity contribution in [3.8, 4) is 0 Å². The summed E-state index contributed by atoms with van der Waals surface area (Å²) in [5.41, 5.74) is 0. The maximum Gasteiger partial charge on any atom is 0.321 e. The molecule has 0 aromatic heterocycles. The molecule has 0 saturated carbocycles. The summed E-state index contributed by atoms with van der Waals surface area (Å²) >= 11 is 7.26. The van der Waals surface area contributed by atoms with Gasteiger partial charge in [-0.1, -0.05) is 18.5 Å². The van der Waals surface area contributed by atoms with Crippen molar-refractivity contribution in [3.63, 3.8) is 0 Å². The highest BCUT2D eigenvalue weighted by Crippen LogP contribution is 2.20. The van der Waals surface area contributed by atoms with Crippen molar-refractivity contribution in [2.24, 2.45) is 0 Å². The number of nitrogens with one attached hydrogen (secondary N) is 1. The fourth-order valence-corrected chi connectivity index (χ4v) is 2.25. The van der Waals surface area contributed by atoms with Gasteiger partial charge in [-0.2, -0.15) is 0 Å². The lowest BCUT2D eigenvalue weighted by Crippen LogP contribution is -2.38. The summed E-state index contributed by atoms with van der Waals surface area (Å²) in [5, 5.41) is 12.5. The summed E-state index contributed by atoms with van der Waals surface area (Å²) in [4.78, 5) is 11.9. The summed E-state index contributed by atoms with van der Waals surface area (Å²) in [6.45, 7) is 2.54. The first-order valence-electron chi connectivity index (χ1n) is 4.98. The van der Waals surface area contributed by atoms with Gasteiger partial charge in [-0.25, -0.2) is 0 Å². The van der Waals surface area contributed by atoms with E-state index in [1.165, 1.54) is 11.8 Å². The Labute approximate surface area is 104 Å². The van der Waals surface area contributed by atoms with Gasteiger partial charge in [0.15, 0.2) is 0 Å². The Kier molecular flexibility index (Phi) is 5.66. The molecule has 88 valence electrons. The van der Waals surface area contributed by atoms with Crippen LogP contribution in [0.3, 0.4) is 0 Å². The molecule has 2 N–H and O–H groups in total. The maximum absolute atomic E-state index is 10.9. The highest BCUT2D eigenvalue weighted by Gasteiger charge is 2.15. The molecular formula is C11H14ClNO2S. The van der Waals surface area contributed by atoms with Crippen LogP contribution >= 0.6 is 23.4 Å². The van der Waals surface area contributed by atoms with Crippen LogP contribution in [0.25, 0.3) is 0 Å². The molecule has 0 amide bonds. The minimum Gasteiger partial charge on any atom is -0.480 e. The third kappa shape index (κ3) is 4.43. The molecule has 3 nitrogen and oxygen atoms in total. The van der Waals surface area contributed by atoms with Crippen molar-refractivity contribution in [1.29, 1.82) is 0 Å². The van der Waals surface area contributed by atoms with Crippen molar-refractivity contribution in [2.75, 3.05) is 12.3 Å². The van der Waals surface area contributed by atoms with Gasteiger partial charge in [0, 0.05) is 15.7 Å². The number of aliphatic carboxylic acids is 1. The molecular weight excluding hydrogens is 246 g/mol. The van der Waals surface area contributed by atoms with Gasteiger partial charge in [-0.05, 0) is 30.8 Å². The van der Waals surface area contributed by atoms with Crippen LogP contribution in [0.1, 0.15) is 6.92 Å². The van der Waals surface area contributed by atoms with Crippen LogP contribution in [-0.2, 0) is 4.79 Å². The van der Waals surface area contributed by atoms with Gasteiger partial charge in [0.1, 0.15) is 6.04 Å². The molecule has 0 aliphatic carbocycles. The Bertz CT molecular complexity index is 342. The van der Waals surface area contributed by atoms with Crippen molar-refractivity contribution in [3.05, 3.63) is 29.3 Å². The van der Waals surface area contributed by atoms with Crippen LogP contribution in [0.15, 0.2) is 29.2 Å². The first-order valence-corrected chi connectivity index (χ1v) is 6.34. The average molecular weight is 260 g/mol. The largest absolute Gasteiger partial charge is 0.480 e. The molecule has 1 atom stereocenters. The van der Waals surface area contributed by atoms with Crippen molar-refractivity contribution in [2.45, 2.75) is 17.9 Å². The van der Waals surface area contributed by atoms with Crippen LogP contribution < -0.4 is 5.32 Å². The Morgan fingerprint density at radius 1 is 1.50 bits per heavy atom. The molecule has 1 aromatic rings. The number of likely N-dealkylation sites (N-methyl/N-ethyl adjacent to an activating group) is 1. The summed E-state index contributed by atoms with van der Waals surface area (Å²) < 4.78 is 0. The monoisotopic (exact) mass is 259 g/mol. The van der Waals surface area contributed by atoms with Gasteiger partial charge in [0.2, 0.25) is 0 Å². The van der Waals surface area contributed by atoms with E-state index in [1.807, 2.05) is 19.1 Å². The molecule has 0 bridgehead atoms. The number of hydrogen-bond acceptors (Lipinski definition) is 3. The second-order valence-corrected chi connectivity index (χ2v) is 4.74. The number of rotatable bonds is 6. The zero-order chi connectivity index (χ0) is 12.0. The lowest BCUT2D eigenvalue weighted by atomic mass is 10.3. The molecule has 0 aliphatic heterocycles. The Morgan fingerprint density at radius 2 is 2.12 bits per heavy atom. The second kappa shape index (κ2) is 6.78. The lowest BCUT2D eigenvalue weighted by molar-refractivity contribution is -0.138. The van der Waals surface area contributed by atoms with Crippen molar-refractivity contribution in [1.82, 2.24) is 5.32 Å². The molecule has 0 fully saturated rings. The molecule has 0 heterocycles. The predicted octanol–water partition coefficient (Wildman–Crippen LogP) is 2.49. The van der Waals surface area contributed by atoms with Crippen LogP contribution in [0, 0.1) is 0 Å². The van der Waals surface area contributed by atoms with Gasteiger partial charge in [0.05, 0.1) is 0 Å². The quantitative estimate of drug-likeness (QED) is 0.771. The summed E-state index contributed by atoms with van der Waals surface area (Å²) in [5.74, 6) is -0.312. The summed E-state index contributed by atoms with van der Waals surface area (Å²) in [7, 11) is 0. The predicted molar refractivity (Wildman–Crippen MR) is 67.3 cm³/mol. The number of carbonyl (C=O) groups is 1. The molecule has 0 spiro atoms. The zero-order valence-electron chi connectivity index (χ0n) is 8.94. The summed E-state index contributed by atoms with van der Waals surface area (Å²) in [6.07, 6.45) is 0. The van der Waals surface area contributed by atoms with E-state index in [9.17, 15) is 4.79 Å². The number of hydrogen-bond donors (Lipinski definition) is 2. The molecule has 1 unspecified atom stereocenters. The highest BCUT2D eigenvalue weighted by atomic mass is 35.5. The van der Waals surface area contributed by atoms with Crippen LogP contribution in [-0.4, -0.2) is 29.4 Å². The fourth-order valence-electron chi connectivity index (χ4n) is 1.17. The average Bonchev–Trinajstić information content (AvgIpc) is 2.26. The van der Waals surface area contributed by atoms with Gasteiger partial charge in [0.25, 0.3) is 0 Å². The van der Waals surface area contributed by atoms with E-state index in [0.717, 1.165) is 4.90 Å². The topological polar surface area (TPSA) is 49.3 Å². The Hall–Kier alpha value is -0.710. The van der Waals surface area contributed by atoms with Crippen LogP contribution in [0.4, 0.5) is 0 Å². The minimum absolute atomic E-state index is 0.505. The SMILES string of the molecule is CCNC(CSc1ccc(Cl)cc1)C(=O)O. The van der Waals surface area contributed by atoms with E-state index in [0.29, 0.717) is 17.3 Å². The van der Waals surface area contributed by atoms with E-state index in [1.54, 1.807) is 12.1 Å². The minimum atomic E-state index is -0.816. The first-order chi connectivity index (χ1) is 7.63. The van der Waals surface area contributed by atoms with E-state index in [4.69, 9.17) is 16.7 Å². The Morgan fingerprint density at radius 3 is 2.62 bits per heavy atom.